The van der Waals surface area contributed by atoms with E-state index in [0.29, 0.717) is 12.0 Å². The summed E-state index contributed by atoms with van der Waals surface area (Å²) in [4.78, 5) is 0. The van der Waals surface area contributed by atoms with E-state index in [1.165, 1.54) is 16.7 Å². The molecule has 1 aromatic rings. The van der Waals surface area contributed by atoms with Gasteiger partial charge >= 0.3 is 0 Å². The Bertz CT molecular complexity index is 342. The Hall–Kier alpha value is -0.860. The molecule has 0 aromatic heterocycles. The van der Waals surface area contributed by atoms with Gasteiger partial charge in [-0.05, 0) is 45.2 Å². The van der Waals surface area contributed by atoms with Crippen molar-refractivity contribution in [3.05, 3.63) is 34.9 Å². The lowest BCUT2D eigenvalue weighted by Crippen LogP contribution is -2.34. The van der Waals surface area contributed by atoms with E-state index in [-0.39, 0.29) is 0 Å². The van der Waals surface area contributed by atoms with Crippen molar-refractivity contribution in [3.8, 4) is 0 Å². The summed E-state index contributed by atoms with van der Waals surface area (Å²) in [6, 6.07) is 7.33. The highest BCUT2D eigenvalue weighted by Crippen LogP contribution is 2.16. The molecule has 0 aliphatic rings. The first-order valence-corrected chi connectivity index (χ1v) is 6.80. The quantitative estimate of drug-likeness (QED) is 0.801. The molecule has 0 saturated heterocycles. The summed E-state index contributed by atoms with van der Waals surface area (Å²) in [5.74, 6) is 0.621. The van der Waals surface area contributed by atoms with Gasteiger partial charge in [0.15, 0.2) is 0 Å². The zero-order valence-electron chi connectivity index (χ0n) is 12.4. The zero-order valence-corrected chi connectivity index (χ0v) is 12.4. The molecule has 18 heavy (non-hydrogen) atoms. The molecule has 0 aliphatic carbocycles. The summed E-state index contributed by atoms with van der Waals surface area (Å²) >= 11 is 0. The fourth-order valence-corrected chi connectivity index (χ4v) is 2.53. The third kappa shape index (κ3) is 4.79. The smallest absolute Gasteiger partial charge is 0.0465 e. The summed E-state index contributed by atoms with van der Waals surface area (Å²) < 4.78 is 5.17. The molecule has 0 spiro atoms. The Kier molecular flexibility index (Phi) is 6.37. The number of ether oxygens (including phenoxy) is 1. The van der Waals surface area contributed by atoms with E-state index in [2.05, 4.69) is 51.3 Å². The van der Waals surface area contributed by atoms with E-state index >= 15 is 0 Å². The van der Waals surface area contributed by atoms with Gasteiger partial charge in [0.05, 0.1) is 0 Å². The van der Waals surface area contributed by atoms with Crippen LogP contribution in [0.2, 0.25) is 0 Å². The molecule has 0 bridgehead atoms. The maximum atomic E-state index is 5.17. The molecule has 0 saturated carbocycles. The molecule has 0 heterocycles. The van der Waals surface area contributed by atoms with Gasteiger partial charge in [-0.15, -0.1) is 0 Å². The number of aryl methyl sites for hydroxylation is 2. The second-order valence-electron chi connectivity index (χ2n) is 5.35. The Morgan fingerprint density at radius 1 is 1.17 bits per heavy atom. The molecule has 2 atom stereocenters. The topological polar surface area (TPSA) is 21.3 Å². The van der Waals surface area contributed by atoms with E-state index in [9.17, 15) is 0 Å². The zero-order chi connectivity index (χ0) is 13.5. The van der Waals surface area contributed by atoms with Crippen LogP contribution in [0.3, 0.4) is 0 Å². The molecule has 1 aromatic carbocycles. The van der Waals surface area contributed by atoms with Gasteiger partial charge < -0.3 is 10.1 Å². The first-order chi connectivity index (χ1) is 8.56. The monoisotopic (exact) mass is 249 g/mol. The van der Waals surface area contributed by atoms with Crippen molar-refractivity contribution in [1.82, 2.24) is 5.32 Å². The summed E-state index contributed by atoms with van der Waals surface area (Å²) in [5, 5.41) is 3.44. The maximum absolute atomic E-state index is 5.17. The van der Waals surface area contributed by atoms with Crippen molar-refractivity contribution in [3.63, 3.8) is 0 Å². The minimum absolute atomic E-state index is 0.515. The highest BCUT2D eigenvalue weighted by molar-refractivity contribution is 5.29. The molecule has 2 nitrogen and oxygen atoms in total. The summed E-state index contributed by atoms with van der Waals surface area (Å²) in [6.45, 7) is 7.47. The van der Waals surface area contributed by atoms with Gasteiger partial charge in [0.1, 0.15) is 0 Å². The lowest BCUT2D eigenvalue weighted by molar-refractivity contribution is 0.171. The van der Waals surface area contributed by atoms with Crippen LogP contribution < -0.4 is 5.32 Å². The fraction of sp³-hybridized carbons (Fsp3) is 0.625. The number of nitrogens with one attached hydrogen (secondary N) is 1. The standard InChI is InChI=1S/C16H27NO/c1-12-8-13(2)10-15(9-12)11-16(17-4)14(3)6-7-18-5/h8-10,14,16-17H,6-7,11H2,1-5H3. The highest BCUT2D eigenvalue weighted by Gasteiger charge is 2.15. The molecule has 1 rings (SSSR count). The number of hydrogen-bond acceptors (Lipinski definition) is 2. The Balaban J connectivity index is 2.66. The molecule has 0 radical (unpaired) electrons. The molecule has 2 heteroatoms. The lowest BCUT2D eigenvalue weighted by atomic mass is 9.91. The van der Waals surface area contributed by atoms with E-state index < -0.39 is 0 Å². The van der Waals surface area contributed by atoms with Crippen molar-refractivity contribution < 1.29 is 4.74 Å². The Morgan fingerprint density at radius 3 is 2.28 bits per heavy atom. The van der Waals surface area contributed by atoms with Gasteiger partial charge in [0.2, 0.25) is 0 Å². The van der Waals surface area contributed by atoms with Crippen LogP contribution in [0.1, 0.15) is 30.0 Å². The molecule has 0 fully saturated rings. The van der Waals surface area contributed by atoms with E-state index in [1.54, 1.807) is 7.11 Å². The number of likely N-dealkylation sites (N-methyl/N-ethyl adjacent to an activating group) is 1. The van der Waals surface area contributed by atoms with Crippen LogP contribution in [0.4, 0.5) is 0 Å². The molecule has 0 aliphatic heterocycles. The van der Waals surface area contributed by atoms with Crippen molar-refractivity contribution in [1.29, 1.82) is 0 Å². The molecule has 0 amide bonds. The summed E-state index contributed by atoms with van der Waals surface area (Å²) in [7, 11) is 3.82. The normalized spacial score (nSPS) is 14.5. The van der Waals surface area contributed by atoms with Gasteiger partial charge in [0.25, 0.3) is 0 Å². The van der Waals surface area contributed by atoms with E-state index in [4.69, 9.17) is 4.74 Å². The van der Waals surface area contributed by atoms with Gasteiger partial charge in [-0.25, -0.2) is 0 Å². The minimum Gasteiger partial charge on any atom is -0.385 e. The predicted molar refractivity (Wildman–Crippen MR) is 78.1 cm³/mol. The number of methoxy groups -OCH3 is 1. The number of hydrogen-bond donors (Lipinski definition) is 1. The van der Waals surface area contributed by atoms with E-state index in [1.807, 2.05) is 0 Å². The summed E-state index contributed by atoms with van der Waals surface area (Å²) in [5.41, 5.74) is 4.13. The van der Waals surface area contributed by atoms with Gasteiger partial charge in [0, 0.05) is 19.8 Å². The largest absolute Gasteiger partial charge is 0.385 e. The van der Waals surface area contributed by atoms with Crippen LogP contribution in [-0.2, 0) is 11.2 Å². The fourth-order valence-electron chi connectivity index (χ4n) is 2.53. The second-order valence-corrected chi connectivity index (χ2v) is 5.35. The van der Waals surface area contributed by atoms with Crippen LogP contribution in [0.25, 0.3) is 0 Å². The van der Waals surface area contributed by atoms with Crippen molar-refractivity contribution >= 4 is 0 Å². The third-order valence-corrected chi connectivity index (χ3v) is 3.57. The van der Waals surface area contributed by atoms with Crippen molar-refractivity contribution in [2.24, 2.45) is 5.92 Å². The van der Waals surface area contributed by atoms with Gasteiger partial charge in [-0.2, -0.15) is 0 Å². The van der Waals surface area contributed by atoms with Gasteiger partial charge in [-0.3, -0.25) is 0 Å². The van der Waals surface area contributed by atoms with Crippen LogP contribution in [0.5, 0.6) is 0 Å². The Morgan fingerprint density at radius 2 is 1.78 bits per heavy atom. The first-order valence-electron chi connectivity index (χ1n) is 6.80. The molecular formula is C16H27NO. The van der Waals surface area contributed by atoms with Crippen molar-refractivity contribution in [2.45, 2.75) is 39.7 Å². The van der Waals surface area contributed by atoms with E-state index in [0.717, 1.165) is 19.4 Å². The van der Waals surface area contributed by atoms with Crippen molar-refractivity contribution in [2.75, 3.05) is 20.8 Å². The molecule has 1 N–H and O–H groups in total. The average molecular weight is 249 g/mol. The van der Waals surface area contributed by atoms with Crippen LogP contribution in [0, 0.1) is 19.8 Å². The van der Waals surface area contributed by atoms with Crippen LogP contribution in [-0.4, -0.2) is 26.8 Å². The summed E-state index contributed by atoms with van der Waals surface area (Å²) in [6.07, 6.45) is 2.19. The third-order valence-electron chi connectivity index (χ3n) is 3.57. The number of rotatable bonds is 7. The first kappa shape index (κ1) is 15.2. The predicted octanol–water partition coefficient (Wildman–Crippen LogP) is 3.11. The SMILES string of the molecule is CNC(Cc1cc(C)cc(C)c1)C(C)CCOC. The minimum atomic E-state index is 0.515. The lowest BCUT2D eigenvalue weighted by Gasteiger charge is -2.24. The Labute approximate surface area is 112 Å². The second kappa shape index (κ2) is 7.55. The molecular weight excluding hydrogens is 222 g/mol. The highest BCUT2D eigenvalue weighted by atomic mass is 16.5. The van der Waals surface area contributed by atoms with Crippen LogP contribution >= 0.6 is 0 Å². The average Bonchev–Trinajstić information content (AvgIpc) is 2.31. The molecule has 102 valence electrons. The maximum Gasteiger partial charge on any atom is 0.0465 e. The van der Waals surface area contributed by atoms with Gasteiger partial charge in [-0.1, -0.05) is 36.2 Å². The van der Waals surface area contributed by atoms with Crippen LogP contribution in [0.15, 0.2) is 18.2 Å². The molecule has 2 unspecified atom stereocenters. The number of benzene rings is 1.